The molecule has 2 aromatic carbocycles. The molecule has 0 unspecified atom stereocenters. The SMILES string of the molecule is C[C@@H](OC(=O)COc1ccc(-c2ccccc2)cc1Cl)C(=O)NC(N)=O. The van der Waals surface area contributed by atoms with Crippen LogP contribution >= 0.6 is 11.6 Å². The highest BCUT2D eigenvalue weighted by Crippen LogP contribution is 2.30. The summed E-state index contributed by atoms with van der Waals surface area (Å²) >= 11 is 6.18. The van der Waals surface area contributed by atoms with Crippen molar-refractivity contribution in [3.05, 3.63) is 53.6 Å². The molecule has 0 aliphatic heterocycles. The number of hydrogen-bond donors (Lipinski definition) is 2. The first-order valence-electron chi connectivity index (χ1n) is 7.64. The minimum absolute atomic E-state index is 0.303. The lowest BCUT2D eigenvalue weighted by molar-refractivity contribution is -0.156. The van der Waals surface area contributed by atoms with Gasteiger partial charge >= 0.3 is 12.0 Å². The number of nitrogens with one attached hydrogen (secondary N) is 1. The number of halogens is 1. The summed E-state index contributed by atoms with van der Waals surface area (Å²) in [5.41, 5.74) is 6.72. The molecule has 26 heavy (non-hydrogen) atoms. The maximum absolute atomic E-state index is 11.7. The van der Waals surface area contributed by atoms with Crippen molar-refractivity contribution in [3.63, 3.8) is 0 Å². The molecule has 2 aromatic rings. The van der Waals surface area contributed by atoms with Crippen molar-refractivity contribution in [2.45, 2.75) is 13.0 Å². The number of rotatable bonds is 6. The predicted molar refractivity (Wildman–Crippen MR) is 95.7 cm³/mol. The maximum Gasteiger partial charge on any atom is 0.344 e. The van der Waals surface area contributed by atoms with Crippen LogP contribution in [-0.2, 0) is 14.3 Å². The molecular weight excluding hydrogens is 360 g/mol. The van der Waals surface area contributed by atoms with Crippen LogP contribution in [0.4, 0.5) is 4.79 Å². The molecule has 0 aromatic heterocycles. The quantitative estimate of drug-likeness (QED) is 0.753. The van der Waals surface area contributed by atoms with Crippen LogP contribution in [0, 0.1) is 0 Å². The minimum Gasteiger partial charge on any atom is -0.480 e. The molecule has 0 aliphatic rings. The fourth-order valence-corrected chi connectivity index (χ4v) is 2.31. The lowest BCUT2D eigenvalue weighted by Gasteiger charge is -2.13. The topological polar surface area (TPSA) is 108 Å². The average Bonchev–Trinajstić information content (AvgIpc) is 2.60. The molecule has 0 bridgehead atoms. The maximum atomic E-state index is 11.7. The first-order valence-corrected chi connectivity index (χ1v) is 8.02. The normalized spacial score (nSPS) is 11.3. The van der Waals surface area contributed by atoms with Gasteiger partial charge in [-0.15, -0.1) is 0 Å². The number of nitrogens with two attached hydrogens (primary N) is 1. The highest BCUT2D eigenvalue weighted by Gasteiger charge is 2.19. The van der Waals surface area contributed by atoms with Crippen LogP contribution < -0.4 is 15.8 Å². The first kappa shape index (κ1) is 19.3. The molecule has 0 fully saturated rings. The number of urea groups is 1. The van der Waals surface area contributed by atoms with E-state index < -0.39 is 30.6 Å². The number of carbonyl (C=O) groups excluding carboxylic acids is 3. The summed E-state index contributed by atoms with van der Waals surface area (Å²) in [7, 11) is 0. The van der Waals surface area contributed by atoms with E-state index in [0.717, 1.165) is 11.1 Å². The Hall–Kier alpha value is -3.06. The molecule has 8 heteroatoms. The zero-order valence-electron chi connectivity index (χ0n) is 13.9. The van der Waals surface area contributed by atoms with Crippen molar-refractivity contribution in [1.29, 1.82) is 0 Å². The fraction of sp³-hybridized carbons (Fsp3) is 0.167. The zero-order valence-corrected chi connectivity index (χ0v) is 14.7. The van der Waals surface area contributed by atoms with E-state index in [1.165, 1.54) is 6.92 Å². The summed E-state index contributed by atoms with van der Waals surface area (Å²) in [6.07, 6.45) is -1.19. The van der Waals surface area contributed by atoms with Gasteiger partial charge in [-0.2, -0.15) is 0 Å². The monoisotopic (exact) mass is 376 g/mol. The summed E-state index contributed by atoms with van der Waals surface area (Å²) in [5.74, 6) is -1.31. The van der Waals surface area contributed by atoms with Crippen molar-refractivity contribution >= 4 is 29.5 Å². The second-order valence-electron chi connectivity index (χ2n) is 5.29. The second kappa shape index (κ2) is 8.87. The molecule has 7 nitrogen and oxygen atoms in total. The van der Waals surface area contributed by atoms with Gasteiger partial charge in [0.2, 0.25) is 0 Å². The van der Waals surface area contributed by atoms with Gasteiger partial charge in [0.25, 0.3) is 5.91 Å². The molecule has 0 spiro atoms. The van der Waals surface area contributed by atoms with Gasteiger partial charge in [-0.3, -0.25) is 10.1 Å². The number of amides is 3. The van der Waals surface area contributed by atoms with Gasteiger partial charge in [-0.05, 0) is 30.2 Å². The molecule has 0 saturated heterocycles. The number of primary amides is 1. The number of ether oxygens (including phenoxy) is 2. The largest absolute Gasteiger partial charge is 0.480 e. The average molecular weight is 377 g/mol. The molecule has 1 atom stereocenters. The van der Waals surface area contributed by atoms with E-state index in [9.17, 15) is 14.4 Å². The van der Waals surface area contributed by atoms with Gasteiger partial charge in [0.1, 0.15) is 5.75 Å². The van der Waals surface area contributed by atoms with Gasteiger partial charge in [0.05, 0.1) is 5.02 Å². The van der Waals surface area contributed by atoms with E-state index in [4.69, 9.17) is 26.8 Å². The van der Waals surface area contributed by atoms with E-state index in [1.54, 1.807) is 12.1 Å². The van der Waals surface area contributed by atoms with Crippen LogP contribution in [0.2, 0.25) is 5.02 Å². The molecule has 136 valence electrons. The van der Waals surface area contributed by atoms with Gasteiger partial charge < -0.3 is 15.2 Å². The van der Waals surface area contributed by atoms with E-state index in [1.807, 2.05) is 41.7 Å². The minimum atomic E-state index is -1.19. The van der Waals surface area contributed by atoms with Crippen molar-refractivity contribution in [2.24, 2.45) is 5.73 Å². The van der Waals surface area contributed by atoms with Crippen LogP contribution in [0.25, 0.3) is 11.1 Å². The number of carbonyl (C=O) groups is 3. The lowest BCUT2D eigenvalue weighted by atomic mass is 10.1. The first-order chi connectivity index (χ1) is 12.4. The van der Waals surface area contributed by atoms with E-state index >= 15 is 0 Å². The highest BCUT2D eigenvalue weighted by molar-refractivity contribution is 6.32. The summed E-state index contributed by atoms with van der Waals surface area (Å²) in [5, 5.41) is 2.15. The third-order valence-corrected chi connectivity index (χ3v) is 3.60. The number of imide groups is 1. The number of hydrogen-bond acceptors (Lipinski definition) is 5. The Kier molecular flexibility index (Phi) is 6.57. The Morgan fingerprint density at radius 3 is 2.42 bits per heavy atom. The molecule has 0 radical (unpaired) electrons. The molecule has 3 N–H and O–H groups in total. The summed E-state index contributed by atoms with van der Waals surface area (Å²) in [4.78, 5) is 33.8. The third-order valence-electron chi connectivity index (χ3n) is 3.31. The fourth-order valence-electron chi connectivity index (χ4n) is 2.07. The molecule has 2 rings (SSSR count). The molecule has 0 heterocycles. The van der Waals surface area contributed by atoms with Crippen molar-refractivity contribution in [1.82, 2.24) is 5.32 Å². The lowest BCUT2D eigenvalue weighted by Crippen LogP contribution is -2.42. The van der Waals surface area contributed by atoms with E-state index in [0.29, 0.717) is 10.8 Å². The Labute approximate surface area is 155 Å². The summed E-state index contributed by atoms with van der Waals surface area (Å²) in [6.45, 7) is 0.858. The van der Waals surface area contributed by atoms with Gasteiger partial charge in [0.15, 0.2) is 12.7 Å². The standard InChI is InChI=1S/C18H17ClN2O5/c1-11(17(23)21-18(20)24)26-16(22)10-25-15-8-7-13(9-14(15)19)12-5-3-2-4-6-12/h2-9,11H,10H2,1H3,(H3,20,21,23,24)/t11-/m1/s1. The van der Waals surface area contributed by atoms with Crippen LogP contribution in [-0.4, -0.2) is 30.6 Å². The Bertz CT molecular complexity index is 810. The van der Waals surface area contributed by atoms with E-state index in [-0.39, 0.29) is 0 Å². The predicted octanol–water partition coefficient (Wildman–Crippen LogP) is 2.51. The Balaban J connectivity index is 1.92. The molecule has 0 aliphatic carbocycles. The molecule has 3 amide bonds. The van der Waals surface area contributed by atoms with Crippen molar-refractivity contribution in [2.75, 3.05) is 6.61 Å². The van der Waals surface area contributed by atoms with Crippen LogP contribution in [0.1, 0.15) is 6.92 Å². The second-order valence-corrected chi connectivity index (χ2v) is 5.69. The van der Waals surface area contributed by atoms with E-state index in [2.05, 4.69) is 0 Å². The van der Waals surface area contributed by atoms with Gasteiger partial charge in [-0.25, -0.2) is 9.59 Å². The Morgan fingerprint density at radius 2 is 1.81 bits per heavy atom. The number of benzene rings is 2. The third kappa shape index (κ3) is 5.49. The van der Waals surface area contributed by atoms with Crippen molar-refractivity contribution < 1.29 is 23.9 Å². The van der Waals surface area contributed by atoms with Gasteiger partial charge in [-0.1, -0.05) is 48.0 Å². The van der Waals surface area contributed by atoms with Crippen LogP contribution in [0.5, 0.6) is 5.75 Å². The Morgan fingerprint density at radius 1 is 1.12 bits per heavy atom. The summed E-state index contributed by atoms with van der Waals surface area (Å²) in [6, 6.07) is 13.8. The van der Waals surface area contributed by atoms with Crippen LogP contribution in [0.3, 0.4) is 0 Å². The summed E-state index contributed by atoms with van der Waals surface area (Å²) < 4.78 is 10.2. The molecule has 0 saturated carbocycles. The van der Waals surface area contributed by atoms with Crippen LogP contribution in [0.15, 0.2) is 48.5 Å². The highest BCUT2D eigenvalue weighted by atomic mass is 35.5. The number of esters is 1. The zero-order chi connectivity index (χ0) is 19.1. The van der Waals surface area contributed by atoms with Gasteiger partial charge in [0, 0.05) is 0 Å². The molecular formula is C18H17ClN2O5. The van der Waals surface area contributed by atoms with Crippen molar-refractivity contribution in [3.8, 4) is 16.9 Å². The smallest absolute Gasteiger partial charge is 0.344 e.